The molecule has 21 heavy (non-hydrogen) atoms. The normalized spacial score (nSPS) is 27.4. The molecule has 3 rings (SSSR count). The molecule has 2 aliphatic rings. The van der Waals surface area contributed by atoms with E-state index < -0.39 is 5.97 Å². The number of nitrogen functional groups attached to an aromatic ring is 1. The molecule has 2 aliphatic heterocycles. The van der Waals surface area contributed by atoms with Gasteiger partial charge in [-0.15, -0.1) is 0 Å². The molecule has 2 heterocycles. The summed E-state index contributed by atoms with van der Waals surface area (Å²) < 4.78 is 10.8. The SMILES string of the molecule is COc1cc(N)c(Cl)cc1C(=O)O[C@@H]1C[C@H]2CC[C@@H](C1)N2. The number of halogens is 1. The smallest absolute Gasteiger partial charge is 0.342 e. The quantitative estimate of drug-likeness (QED) is 0.662. The van der Waals surface area contributed by atoms with Crippen LogP contribution in [0.4, 0.5) is 5.69 Å². The first-order chi connectivity index (χ1) is 10.1. The average Bonchev–Trinajstić information content (AvgIpc) is 2.80. The Morgan fingerprint density at radius 1 is 1.33 bits per heavy atom. The number of ether oxygens (including phenoxy) is 2. The van der Waals surface area contributed by atoms with Crippen LogP contribution in [0.1, 0.15) is 36.0 Å². The fourth-order valence-corrected chi connectivity index (χ4v) is 3.38. The van der Waals surface area contributed by atoms with Crippen molar-refractivity contribution in [2.75, 3.05) is 12.8 Å². The van der Waals surface area contributed by atoms with Crippen molar-refractivity contribution in [1.29, 1.82) is 0 Å². The lowest BCUT2D eigenvalue weighted by atomic mass is 10.0. The Bertz CT molecular complexity index is 552. The Labute approximate surface area is 128 Å². The maximum atomic E-state index is 12.4. The number of anilines is 1. The van der Waals surface area contributed by atoms with Crippen molar-refractivity contribution in [3.63, 3.8) is 0 Å². The Kier molecular flexibility index (Phi) is 3.95. The standard InChI is InChI=1S/C15H19ClN2O3/c1-20-14-7-13(17)12(16)6-11(14)15(19)21-10-4-8-2-3-9(5-10)18-8/h6-10,18H,2-5,17H2,1H3/t8-,9+,10-. The lowest BCUT2D eigenvalue weighted by Gasteiger charge is -2.28. The highest BCUT2D eigenvalue weighted by molar-refractivity contribution is 6.33. The molecular weight excluding hydrogens is 292 g/mol. The predicted octanol–water partition coefficient (Wildman–Crippen LogP) is 2.37. The van der Waals surface area contributed by atoms with E-state index in [1.54, 1.807) is 6.07 Å². The zero-order valence-electron chi connectivity index (χ0n) is 11.9. The summed E-state index contributed by atoms with van der Waals surface area (Å²) in [4.78, 5) is 12.4. The molecule has 3 atom stereocenters. The van der Waals surface area contributed by atoms with Crippen LogP contribution in [-0.4, -0.2) is 31.3 Å². The minimum atomic E-state index is -0.403. The summed E-state index contributed by atoms with van der Waals surface area (Å²) in [5.74, 6) is -0.0149. The van der Waals surface area contributed by atoms with Crippen LogP contribution in [0, 0.1) is 0 Å². The first-order valence-electron chi connectivity index (χ1n) is 7.17. The van der Waals surface area contributed by atoms with Crippen LogP contribution in [-0.2, 0) is 4.74 Å². The maximum absolute atomic E-state index is 12.4. The highest BCUT2D eigenvalue weighted by atomic mass is 35.5. The first-order valence-corrected chi connectivity index (χ1v) is 7.54. The molecule has 1 aromatic rings. The number of carbonyl (C=O) groups is 1. The molecule has 2 fully saturated rings. The fourth-order valence-electron chi connectivity index (χ4n) is 3.21. The van der Waals surface area contributed by atoms with Crippen LogP contribution in [0.25, 0.3) is 0 Å². The van der Waals surface area contributed by atoms with Gasteiger partial charge in [-0.3, -0.25) is 0 Å². The Morgan fingerprint density at radius 3 is 2.62 bits per heavy atom. The largest absolute Gasteiger partial charge is 0.496 e. The number of esters is 1. The van der Waals surface area contributed by atoms with Gasteiger partial charge in [-0.2, -0.15) is 0 Å². The van der Waals surface area contributed by atoms with Crippen molar-refractivity contribution in [2.24, 2.45) is 0 Å². The lowest BCUT2D eigenvalue weighted by molar-refractivity contribution is 0.0174. The predicted molar refractivity (Wildman–Crippen MR) is 80.8 cm³/mol. The Hall–Kier alpha value is -1.46. The van der Waals surface area contributed by atoms with Crippen LogP contribution in [0.15, 0.2) is 12.1 Å². The third-order valence-electron chi connectivity index (χ3n) is 4.24. The van der Waals surface area contributed by atoms with Gasteiger partial charge in [0.2, 0.25) is 0 Å². The van der Waals surface area contributed by atoms with Crippen molar-refractivity contribution in [2.45, 2.75) is 43.9 Å². The van der Waals surface area contributed by atoms with Gasteiger partial charge >= 0.3 is 5.97 Å². The van der Waals surface area contributed by atoms with Gasteiger partial charge in [-0.05, 0) is 31.7 Å². The second-order valence-electron chi connectivity index (χ2n) is 5.71. The molecule has 1 aromatic carbocycles. The number of benzene rings is 1. The van der Waals surface area contributed by atoms with E-state index in [2.05, 4.69) is 5.32 Å². The number of fused-ring (bicyclic) bond motifs is 2. The third kappa shape index (κ3) is 2.94. The molecule has 6 heteroatoms. The molecule has 2 bridgehead atoms. The van der Waals surface area contributed by atoms with Gasteiger partial charge in [0, 0.05) is 18.2 Å². The van der Waals surface area contributed by atoms with Gasteiger partial charge in [-0.25, -0.2) is 4.79 Å². The summed E-state index contributed by atoms with van der Waals surface area (Å²) >= 11 is 5.99. The molecule has 114 valence electrons. The van der Waals surface area contributed by atoms with Gasteiger partial charge in [0.05, 0.1) is 17.8 Å². The van der Waals surface area contributed by atoms with Gasteiger partial charge in [0.15, 0.2) is 0 Å². The Balaban J connectivity index is 1.74. The topological polar surface area (TPSA) is 73.6 Å². The van der Waals surface area contributed by atoms with Crippen LogP contribution >= 0.6 is 11.6 Å². The van der Waals surface area contributed by atoms with Crippen molar-refractivity contribution < 1.29 is 14.3 Å². The van der Waals surface area contributed by atoms with Crippen molar-refractivity contribution >= 4 is 23.3 Å². The van der Waals surface area contributed by atoms with Gasteiger partial charge in [-0.1, -0.05) is 11.6 Å². The van der Waals surface area contributed by atoms with Crippen molar-refractivity contribution in [1.82, 2.24) is 5.32 Å². The molecule has 0 amide bonds. The van der Waals surface area contributed by atoms with Crippen molar-refractivity contribution in [3.05, 3.63) is 22.7 Å². The van der Waals surface area contributed by atoms with E-state index in [0.29, 0.717) is 34.1 Å². The zero-order valence-corrected chi connectivity index (χ0v) is 12.7. The fraction of sp³-hybridized carbons (Fsp3) is 0.533. The molecule has 0 saturated carbocycles. The van der Waals surface area contributed by atoms with E-state index >= 15 is 0 Å². The number of piperidine rings is 1. The van der Waals surface area contributed by atoms with E-state index in [1.165, 1.54) is 13.2 Å². The number of nitrogens with one attached hydrogen (secondary N) is 1. The Morgan fingerprint density at radius 2 is 2.00 bits per heavy atom. The number of hydrogen-bond acceptors (Lipinski definition) is 5. The van der Waals surface area contributed by atoms with E-state index in [1.807, 2.05) is 0 Å². The number of methoxy groups -OCH3 is 1. The molecule has 3 N–H and O–H groups in total. The summed E-state index contributed by atoms with van der Waals surface area (Å²) in [6, 6.07) is 4.00. The maximum Gasteiger partial charge on any atom is 0.342 e. The van der Waals surface area contributed by atoms with Crippen LogP contribution in [0.3, 0.4) is 0 Å². The van der Waals surface area contributed by atoms with E-state index in [9.17, 15) is 4.79 Å². The van der Waals surface area contributed by atoms with E-state index in [4.69, 9.17) is 26.8 Å². The monoisotopic (exact) mass is 310 g/mol. The third-order valence-corrected chi connectivity index (χ3v) is 4.57. The van der Waals surface area contributed by atoms with Gasteiger partial charge in [0.25, 0.3) is 0 Å². The highest BCUT2D eigenvalue weighted by Gasteiger charge is 2.35. The number of hydrogen-bond donors (Lipinski definition) is 2. The summed E-state index contributed by atoms with van der Waals surface area (Å²) in [5, 5.41) is 3.85. The minimum absolute atomic E-state index is 0.0442. The molecule has 0 unspecified atom stereocenters. The minimum Gasteiger partial charge on any atom is -0.496 e. The molecule has 2 saturated heterocycles. The van der Waals surface area contributed by atoms with Crippen LogP contribution in [0.5, 0.6) is 5.75 Å². The number of nitrogens with two attached hydrogens (primary N) is 1. The molecular formula is C15H19ClN2O3. The molecule has 5 nitrogen and oxygen atoms in total. The number of rotatable bonds is 3. The second kappa shape index (κ2) is 5.73. The van der Waals surface area contributed by atoms with E-state index in [0.717, 1.165) is 25.7 Å². The second-order valence-corrected chi connectivity index (χ2v) is 6.12. The summed E-state index contributed by atoms with van der Waals surface area (Å²) in [5.41, 5.74) is 6.42. The first kappa shape index (κ1) is 14.5. The van der Waals surface area contributed by atoms with Crippen LogP contribution in [0.2, 0.25) is 5.02 Å². The van der Waals surface area contributed by atoms with E-state index in [-0.39, 0.29) is 6.10 Å². The molecule has 0 aliphatic carbocycles. The zero-order chi connectivity index (χ0) is 15.0. The summed E-state index contributed by atoms with van der Waals surface area (Å²) in [6.45, 7) is 0. The number of carbonyl (C=O) groups excluding carboxylic acids is 1. The van der Waals surface area contributed by atoms with Crippen molar-refractivity contribution in [3.8, 4) is 5.75 Å². The van der Waals surface area contributed by atoms with Gasteiger partial charge < -0.3 is 20.5 Å². The molecule has 0 radical (unpaired) electrons. The lowest BCUT2D eigenvalue weighted by Crippen LogP contribution is -2.42. The molecule has 0 aromatic heterocycles. The summed E-state index contributed by atoms with van der Waals surface area (Å²) in [6.07, 6.45) is 4.02. The van der Waals surface area contributed by atoms with Gasteiger partial charge in [0.1, 0.15) is 17.4 Å². The summed E-state index contributed by atoms with van der Waals surface area (Å²) in [7, 11) is 1.49. The highest BCUT2D eigenvalue weighted by Crippen LogP contribution is 2.32. The van der Waals surface area contributed by atoms with Crippen LogP contribution < -0.4 is 15.8 Å². The average molecular weight is 311 g/mol. The molecule has 0 spiro atoms.